The predicted octanol–water partition coefficient (Wildman–Crippen LogP) is 6.14. The molecule has 0 atom stereocenters. The maximum absolute atomic E-state index is 8.65. The summed E-state index contributed by atoms with van der Waals surface area (Å²) in [5, 5.41) is 13.2. The van der Waals surface area contributed by atoms with E-state index in [9.17, 15) is 0 Å². The number of ether oxygens (including phenoxy) is 1. The highest BCUT2D eigenvalue weighted by Crippen LogP contribution is 2.28. The minimum absolute atomic E-state index is 0.0433. The second kappa shape index (κ2) is 7.73. The van der Waals surface area contributed by atoms with E-state index in [4.69, 9.17) is 14.4 Å². The zero-order chi connectivity index (χ0) is 20.3. The van der Waals surface area contributed by atoms with Gasteiger partial charge >= 0.3 is 0 Å². The number of fused-ring (bicyclic) bond motifs is 2. The Bertz CT molecular complexity index is 1400. The fourth-order valence-electron chi connectivity index (χ4n) is 3.63. The standard InChI is InChI=1S/C26H18N2O2/c27-11-12-29-24-10-9-21-15-23(8-7-22(21)16-24)25-17-28-26(30-25)14-18-5-6-19-3-1-2-4-20(19)13-18/h1-10,13,15-17H,12,14H2. The van der Waals surface area contributed by atoms with Crippen molar-refractivity contribution >= 4 is 21.5 Å². The number of hydrogen-bond acceptors (Lipinski definition) is 4. The van der Waals surface area contributed by atoms with E-state index in [-0.39, 0.29) is 6.61 Å². The summed E-state index contributed by atoms with van der Waals surface area (Å²) >= 11 is 0. The van der Waals surface area contributed by atoms with E-state index < -0.39 is 0 Å². The van der Waals surface area contributed by atoms with Crippen molar-refractivity contribution in [3.05, 3.63) is 96.5 Å². The fraction of sp³-hybridized carbons (Fsp3) is 0.0769. The Morgan fingerprint density at radius 1 is 0.833 bits per heavy atom. The average molecular weight is 390 g/mol. The molecule has 0 amide bonds. The lowest BCUT2D eigenvalue weighted by Gasteiger charge is -2.05. The van der Waals surface area contributed by atoms with Crippen LogP contribution in [0.4, 0.5) is 0 Å². The molecule has 5 aromatic rings. The first-order valence-corrected chi connectivity index (χ1v) is 9.75. The van der Waals surface area contributed by atoms with Crippen molar-refractivity contribution in [1.82, 2.24) is 4.98 Å². The molecule has 0 saturated heterocycles. The van der Waals surface area contributed by atoms with Crippen LogP contribution in [0.3, 0.4) is 0 Å². The monoisotopic (exact) mass is 390 g/mol. The Kier molecular flexibility index (Phi) is 4.63. The maximum Gasteiger partial charge on any atom is 0.199 e. The van der Waals surface area contributed by atoms with Gasteiger partial charge in [-0.2, -0.15) is 5.26 Å². The minimum atomic E-state index is 0.0433. The van der Waals surface area contributed by atoms with Gasteiger partial charge in [-0.1, -0.05) is 60.7 Å². The molecule has 0 aliphatic heterocycles. The number of hydrogen-bond donors (Lipinski definition) is 0. The smallest absolute Gasteiger partial charge is 0.199 e. The van der Waals surface area contributed by atoms with Gasteiger partial charge in [0.2, 0.25) is 0 Å². The summed E-state index contributed by atoms with van der Waals surface area (Å²) in [5.41, 5.74) is 2.15. The summed E-state index contributed by atoms with van der Waals surface area (Å²) in [5.74, 6) is 2.13. The second-order valence-electron chi connectivity index (χ2n) is 7.15. The van der Waals surface area contributed by atoms with Gasteiger partial charge in [0.1, 0.15) is 11.8 Å². The van der Waals surface area contributed by atoms with Gasteiger partial charge in [0.05, 0.1) is 6.20 Å². The van der Waals surface area contributed by atoms with Crippen LogP contribution in [0.25, 0.3) is 32.9 Å². The van der Waals surface area contributed by atoms with Crippen molar-refractivity contribution in [3.8, 4) is 23.1 Å². The fourth-order valence-corrected chi connectivity index (χ4v) is 3.63. The lowest BCUT2D eigenvalue weighted by Crippen LogP contribution is -1.92. The van der Waals surface area contributed by atoms with E-state index in [0.29, 0.717) is 18.1 Å². The number of nitrogens with zero attached hydrogens (tertiary/aromatic N) is 2. The molecule has 4 heteroatoms. The topological polar surface area (TPSA) is 59.0 Å². The molecule has 0 N–H and O–H groups in total. The van der Waals surface area contributed by atoms with Gasteiger partial charge in [0.25, 0.3) is 0 Å². The molecule has 0 saturated carbocycles. The van der Waals surface area contributed by atoms with Crippen LogP contribution in [-0.2, 0) is 6.42 Å². The third kappa shape index (κ3) is 3.61. The van der Waals surface area contributed by atoms with Crippen LogP contribution in [0.5, 0.6) is 5.75 Å². The third-order valence-corrected chi connectivity index (χ3v) is 5.12. The summed E-state index contributed by atoms with van der Waals surface area (Å²) in [6.07, 6.45) is 2.43. The Morgan fingerprint density at radius 3 is 2.50 bits per heavy atom. The van der Waals surface area contributed by atoms with Gasteiger partial charge < -0.3 is 9.15 Å². The Hall–Kier alpha value is -4.10. The van der Waals surface area contributed by atoms with Crippen molar-refractivity contribution in [2.24, 2.45) is 0 Å². The molecular weight excluding hydrogens is 372 g/mol. The predicted molar refractivity (Wildman–Crippen MR) is 117 cm³/mol. The summed E-state index contributed by atoms with van der Waals surface area (Å²) < 4.78 is 11.4. The zero-order valence-corrected chi connectivity index (χ0v) is 16.2. The molecule has 0 fully saturated rings. The first-order valence-electron chi connectivity index (χ1n) is 9.75. The highest BCUT2D eigenvalue weighted by molar-refractivity contribution is 5.87. The van der Waals surface area contributed by atoms with Gasteiger partial charge in [0, 0.05) is 12.0 Å². The number of nitriles is 1. The summed E-state index contributed by atoms with van der Waals surface area (Å²) in [6.45, 7) is 0.0433. The van der Waals surface area contributed by atoms with Gasteiger partial charge in [0.15, 0.2) is 18.3 Å². The van der Waals surface area contributed by atoms with Gasteiger partial charge in [-0.05, 0) is 45.3 Å². The van der Waals surface area contributed by atoms with Crippen LogP contribution in [0, 0.1) is 11.3 Å². The largest absolute Gasteiger partial charge is 0.479 e. The van der Waals surface area contributed by atoms with Crippen molar-refractivity contribution < 1.29 is 9.15 Å². The number of aromatic nitrogens is 1. The molecule has 30 heavy (non-hydrogen) atoms. The summed E-state index contributed by atoms with van der Waals surface area (Å²) in [6, 6.07) is 28.6. The highest BCUT2D eigenvalue weighted by atomic mass is 16.5. The molecule has 0 unspecified atom stereocenters. The maximum atomic E-state index is 8.65. The lowest BCUT2D eigenvalue weighted by atomic mass is 10.1. The lowest BCUT2D eigenvalue weighted by molar-refractivity contribution is 0.368. The molecule has 5 rings (SSSR count). The van der Waals surface area contributed by atoms with E-state index >= 15 is 0 Å². The summed E-state index contributed by atoms with van der Waals surface area (Å²) in [4.78, 5) is 4.48. The zero-order valence-electron chi connectivity index (χ0n) is 16.2. The molecule has 1 heterocycles. The van der Waals surface area contributed by atoms with Crippen LogP contribution in [0.15, 0.2) is 89.5 Å². The third-order valence-electron chi connectivity index (χ3n) is 5.12. The molecule has 0 aliphatic rings. The quantitative estimate of drug-likeness (QED) is 0.362. The molecule has 144 valence electrons. The molecule has 4 aromatic carbocycles. The normalized spacial score (nSPS) is 10.9. The second-order valence-corrected chi connectivity index (χ2v) is 7.15. The van der Waals surface area contributed by atoms with Crippen LogP contribution < -0.4 is 4.74 Å². The highest BCUT2D eigenvalue weighted by Gasteiger charge is 2.09. The van der Waals surface area contributed by atoms with Crippen molar-refractivity contribution in [2.75, 3.05) is 6.61 Å². The van der Waals surface area contributed by atoms with Crippen LogP contribution in [0.1, 0.15) is 11.5 Å². The number of oxazole rings is 1. The Balaban J connectivity index is 1.38. The van der Waals surface area contributed by atoms with Gasteiger partial charge in [-0.15, -0.1) is 0 Å². The van der Waals surface area contributed by atoms with Crippen LogP contribution >= 0.6 is 0 Å². The number of benzene rings is 4. The molecule has 0 aliphatic carbocycles. The number of rotatable bonds is 5. The van der Waals surface area contributed by atoms with Crippen molar-refractivity contribution in [2.45, 2.75) is 6.42 Å². The van der Waals surface area contributed by atoms with Crippen LogP contribution in [-0.4, -0.2) is 11.6 Å². The average Bonchev–Trinajstić information content (AvgIpc) is 3.25. The molecular formula is C26H18N2O2. The van der Waals surface area contributed by atoms with E-state index in [1.165, 1.54) is 16.3 Å². The van der Waals surface area contributed by atoms with Crippen molar-refractivity contribution in [3.63, 3.8) is 0 Å². The minimum Gasteiger partial charge on any atom is -0.479 e. The van der Waals surface area contributed by atoms with E-state index in [0.717, 1.165) is 22.1 Å². The van der Waals surface area contributed by atoms with Gasteiger partial charge in [-0.3, -0.25) is 0 Å². The Morgan fingerprint density at radius 2 is 1.60 bits per heavy atom. The molecule has 0 bridgehead atoms. The molecule has 0 radical (unpaired) electrons. The summed E-state index contributed by atoms with van der Waals surface area (Å²) in [7, 11) is 0. The first-order chi connectivity index (χ1) is 14.8. The molecule has 4 nitrogen and oxygen atoms in total. The van der Waals surface area contributed by atoms with Crippen molar-refractivity contribution in [1.29, 1.82) is 5.26 Å². The SMILES string of the molecule is N#CCOc1ccc2cc(-c3cnc(Cc4ccc5ccccc5c4)o3)ccc2c1. The first kappa shape index (κ1) is 18.0. The van der Waals surface area contributed by atoms with Gasteiger partial charge in [-0.25, -0.2) is 4.98 Å². The Labute approximate surface area is 174 Å². The van der Waals surface area contributed by atoms with E-state index in [1.54, 1.807) is 6.20 Å². The van der Waals surface area contributed by atoms with E-state index in [2.05, 4.69) is 41.4 Å². The molecule has 0 spiro atoms. The van der Waals surface area contributed by atoms with Crippen LogP contribution in [0.2, 0.25) is 0 Å². The van der Waals surface area contributed by atoms with E-state index in [1.807, 2.05) is 48.5 Å². The molecule has 1 aromatic heterocycles.